The van der Waals surface area contributed by atoms with E-state index in [-0.39, 0.29) is 10.9 Å². The lowest BCUT2D eigenvalue weighted by molar-refractivity contribution is 0.394. The smallest absolute Gasteiger partial charge is 0.247 e. The summed E-state index contributed by atoms with van der Waals surface area (Å²) in [4.78, 5) is 0. The number of rotatable bonds is 7. The summed E-state index contributed by atoms with van der Waals surface area (Å²) < 4.78 is 30.3. The van der Waals surface area contributed by atoms with E-state index >= 15 is 0 Å². The topological polar surface area (TPSA) is 69.4 Å². The van der Waals surface area contributed by atoms with E-state index < -0.39 is 11.9 Å². The van der Waals surface area contributed by atoms with E-state index in [1.54, 1.807) is 38.5 Å². The predicted octanol–water partition coefficient (Wildman–Crippen LogP) is 5.75. The van der Waals surface area contributed by atoms with Crippen molar-refractivity contribution >= 4 is 17.3 Å². The van der Waals surface area contributed by atoms with E-state index in [1.165, 1.54) is 12.1 Å². The molecular formula is C23H19ClFN3O3. The van der Waals surface area contributed by atoms with Gasteiger partial charge in [0.1, 0.15) is 23.4 Å². The average Bonchev–Trinajstić information content (AvgIpc) is 3.28. The van der Waals surface area contributed by atoms with Crippen LogP contribution in [0.25, 0.3) is 11.5 Å². The lowest BCUT2D eigenvalue weighted by Crippen LogP contribution is -2.14. The third kappa shape index (κ3) is 4.62. The van der Waals surface area contributed by atoms with Gasteiger partial charge in [-0.15, -0.1) is 10.2 Å². The van der Waals surface area contributed by atoms with Crippen LogP contribution in [0.1, 0.15) is 17.5 Å². The molecule has 4 rings (SSSR count). The highest BCUT2D eigenvalue weighted by Crippen LogP contribution is 2.35. The molecule has 1 heterocycles. The second-order valence-corrected chi connectivity index (χ2v) is 7.06. The van der Waals surface area contributed by atoms with Gasteiger partial charge in [-0.3, -0.25) is 0 Å². The zero-order valence-corrected chi connectivity index (χ0v) is 17.6. The fourth-order valence-electron chi connectivity index (χ4n) is 3.11. The van der Waals surface area contributed by atoms with E-state index in [0.29, 0.717) is 28.6 Å². The Kier molecular flexibility index (Phi) is 6.04. The number of nitrogens with one attached hydrogen (secondary N) is 1. The zero-order valence-electron chi connectivity index (χ0n) is 16.8. The zero-order chi connectivity index (χ0) is 21.8. The molecule has 158 valence electrons. The highest BCUT2D eigenvalue weighted by atomic mass is 35.5. The van der Waals surface area contributed by atoms with Crippen LogP contribution >= 0.6 is 11.6 Å². The molecule has 0 aliphatic rings. The van der Waals surface area contributed by atoms with Crippen molar-refractivity contribution in [2.45, 2.75) is 6.04 Å². The van der Waals surface area contributed by atoms with Gasteiger partial charge in [0.15, 0.2) is 0 Å². The van der Waals surface area contributed by atoms with Crippen LogP contribution in [-0.4, -0.2) is 24.4 Å². The number of methoxy groups -OCH3 is 2. The van der Waals surface area contributed by atoms with Gasteiger partial charge < -0.3 is 19.2 Å². The van der Waals surface area contributed by atoms with Gasteiger partial charge in [-0.05, 0) is 24.3 Å². The van der Waals surface area contributed by atoms with Gasteiger partial charge in [0.2, 0.25) is 11.8 Å². The van der Waals surface area contributed by atoms with Crippen LogP contribution in [0.4, 0.5) is 10.1 Å². The first kappa shape index (κ1) is 20.7. The second kappa shape index (κ2) is 9.06. The summed E-state index contributed by atoms with van der Waals surface area (Å²) in [5.41, 5.74) is 2.03. The molecule has 0 bridgehead atoms. The van der Waals surface area contributed by atoms with Gasteiger partial charge in [-0.2, -0.15) is 0 Å². The minimum absolute atomic E-state index is 0.229. The SMILES string of the molecule is COc1cc(NC(c2nnc(-c3ccccc3)o2)c2ccc(F)cc2Cl)cc(OC)c1. The Labute approximate surface area is 183 Å². The summed E-state index contributed by atoms with van der Waals surface area (Å²) in [6.07, 6.45) is 0. The summed E-state index contributed by atoms with van der Waals surface area (Å²) in [5, 5.41) is 11.9. The van der Waals surface area contributed by atoms with Crippen LogP contribution in [0.3, 0.4) is 0 Å². The predicted molar refractivity (Wildman–Crippen MR) is 116 cm³/mol. The highest BCUT2D eigenvalue weighted by molar-refractivity contribution is 6.31. The van der Waals surface area contributed by atoms with Crippen LogP contribution in [0.2, 0.25) is 5.02 Å². The Bertz CT molecular complexity index is 1160. The molecule has 0 spiro atoms. The number of nitrogens with zero attached hydrogens (tertiary/aromatic N) is 2. The summed E-state index contributed by atoms with van der Waals surface area (Å²) in [6.45, 7) is 0. The summed E-state index contributed by atoms with van der Waals surface area (Å²) in [6, 6.07) is 18.3. The van der Waals surface area contributed by atoms with Crippen molar-refractivity contribution in [1.82, 2.24) is 10.2 Å². The molecule has 3 aromatic carbocycles. The number of halogens is 2. The molecule has 1 unspecified atom stereocenters. The van der Waals surface area contributed by atoms with Crippen LogP contribution in [0, 0.1) is 5.82 Å². The molecule has 0 aliphatic carbocycles. The van der Waals surface area contributed by atoms with E-state index in [9.17, 15) is 4.39 Å². The normalized spacial score (nSPS) is 11.7. The minimum Gasteiger partial charge on any atom is -0.497 e. The van der Waals surface area contributed by atoms with Gasteiger partial charge in [-0.1, -0.05) is 35.9 Å². The fraction of sp³-hybridized carbons (Fsp3) is 0.130. The molecule has 0 saturated heterocycles. The fourth-order valence-corrected chi connectivity index (χ4v) is 3.39. The first-order valence-corrected chi connectivity index (χ1v) is 9.78. The molecule has 1 atom stereocenters. The molecule has 0 amide bonds. The minimum atomic E-state index is -0.644. The number of aromatic nitrogens is 2. The highest BCUT2D eigenvalue weighted by Gasteiger charge is 2.24. The summed E-state index contributed by atoms with van der Waals surface area (Å²) in [7, 11) is 3.13. The van der Waals surface area contributed by atoms with Crippen molar-refractivity contribution in [2.75, 3.05) is 19.5 Å². The van der Waals surface area contributed by atoms with Gasteiger partial charge >= 0.3 is 0 Å². The molecule has 8 heteroatoms. The molecule has 1 N–H and O–H groups in total. The molecular weight excluding hydrogens is 421 g/mol. The Morgan fingerprint density at radius 3 is 2.29 bits per heavy atom. The molecule has 0 fully saturated rings. The quantitative estimate of drug-likeness (QED) is 0.395. The number of hydrogen-bond acceptors (Lipinski definition) is 6. The molecule has 4 aromatic rings. The average molecular weight is 440 g/mol. The molecule has 1 aromatic heterocycles. The summed E-state index contributed by atoms with van der Waals surface area (Å²) in [5.74, 6) is 1.40. The number of ether oxygens (including phenoxy) is 2. The monoisotopic (exact) mass is 439 g/mol. The van der Waals surface area contributed by atoms with Crippen molar-refractivity contribution < 1.29 is 18.3 Å². The van der Waals surface area contributed by atoms with Crippen molar-refractivity contribution in [3.05, 3.63) is 89.0 Å². The maximum Gasteiger partial charge on any atom is 0.247 e. The van der Waals surface area contributed by atoms with Gasteiger partial charge in [0.25, 0.3) is 0 Å². The van der Waals surface area contributed by atoms with E-state index in [1.807, 2.05) is 30.3 Å². The summed E-state index contributed by atoms with van der Waals surface area (Å²) >= 11 is 6.36. The Balaban J connectivity index is 1.77. The van der Waals surface area contributed by atoms with Gasteiger partial charge in [0, 0.05) is 40.0 Å². The number of benzene rings is 3. The molecule has 0 saturated carbocycles. The number of anilines is 1. The van der Waals surface area contributed by atoms with Crippen molar-refractivity contribution in [3.63, 3.8) is 0 Å². The van der Waals surface area contributed by atoms with Crippen molar-refractivity contribution in [2.24, 2.45) is 0 Å². The Morgan fingerprint density at radius 1 is 0.935 bits per heavy atom. The van der Waals surface area contributed by atoms with E-state index in [2.05, 4.69) is 15.5 Å². The lowest BCUT2D eigenvalue weighted by Gasteiger charge is -2.19. The molecule has 0 radical (unpaired) electrons. The third-order valence-electron chi connectivity index (χ3n) is 4.64. The second-order valence-electron chi connectivity index (χ2n) is 6.66. The molecule has 6 nitrogen and oxygen atoms in total. The van der Waals surface area contributed by atoms with Crippen LogP contribution in [0.5, 0.6) is 11.5 Å². The van der Waals surface area contributed by atoms with Gasteiger partial charge in [0.05, 0.1) is 14.2 Å². The maximum absolute atomic E-state index is 13.7. The maximum atomic E-state index is 13.7. The first-order valence-electron chi connectivity index (χ1n) is 9.40. The van der Waals surface area contributed by atoms with Gasteiger partial charge in [-0.25, -0.2) is 4.39 Å². The standard InChI is InChI=1S/C23H19ClFN3O3/c1-29-17-11-16(12-18(13-17)30-2)26-21(19-9-8-15(25)10-20(19)24)23-28-27-22(31-23)14-6-4-3-5-7-14/h3-13,21,26H,1-2H3. The molecule has 0 aliphatic heterocycles. The first-order chi connectivity index (χ1) is 15.1. The van der Waals surface area contributed by atoms with E-state index in [0.717, 1.165) is 5.56 Å². The Hall–Kier alpha value is -3.58. The van der Waals surface area contributed by atoms with Crippen molar-refractivity contribution in [1.29, 1.82) is 0 Å². The largest absolute Gasteiger partial charge is 0.497 e. The van der Waals surface area contributed by atoms with Crippen LogP contribution < -0.4 is 14.8 Å². The van der Waals surface area contributed by atoms with E-state index in [4.69, 9.17) is 25.5 Å². The van der Waals surface area contributed by atoms with Crippen LogP contribution in [-0.2, 0) is 0 Å². The third-order valence-corrected chi connectivity index (χ3v) is 4.97. The van der Waals surface area contributed by atoms with Crippen LogP contribution in [0.15, 0.2) is 71.1 Å². The number of hydrogen-bond donors (Lipinski definition) is 1. The molecule has 31 heavy (non-hydrogen) atoms. The lowest BCUT2D eigenvalue weighted by atomic mass is 10.1. The Morgan fingerprint density at radius 2 is 1.65 bits per heavy atom. The van der Waals surface area contributed by atoms with Crippen molar-refractivity contribution in [3.8, 4) is 23.0 Å².